The monoisotopic (exact) mass is 246 g/mol. The second kappa shape index (κ2) is 4.84. The number of pyridine rings is 1. The van der Waals surface area contributed by atoms with Crippen molar-refractivity contribution in [1.82, 2.24) is 14.8 Å². The van der Waals surface area contributed by atoms with Gasteiger partial charge >= 0.3 is 0 Å². The topological polar surface area (TPSA) is 97.9 Å². The Hall–Kier alpha value is -2.41. The van der Waals surface area contributed by atoms with E-state index in [-0.39, 0.29) is 5.91 Å². The van der Waals surface area contributed by atoms with E-state index in [0.29, 0.717) is 17.1 Å². The standard InChI is InChI=1S/C11H14N6O/c1-7-5-10(17(2)16-7)14-11(18)8-3-4-13-6-9(8)15-12/h3-6,15H,12H2,1-2H3,(H,14,18). The lowest BCUT2D eigenvalue weighted by Gasteiger charge is -2.08. The maximum Gasteiger partial charge on any atom is 0.259 e. The third kappa shape index (κ3) is 2.30. The Morgan fingerprint density at radius 1 is 1.50 bits per heavy atom. The van der Waals surface area contributed by atoms with Gasteiger partial charge in [0.25, 0.3) is 5.91 Å². The number of amides is 1. The van der Waals surface area contributed by atoms with Crippen LogP contribution in [-0.2, 0) is 7.05 Å². The number of carbonyl (C=O) groups is 1. The van der Waals surface area contributed by atoms with Crippen LogP contribution in [0.5, 0.6) is 0 Å². The normalized spacial score (nSPS) is 10.2. The smallest absolute Gasteiger partial charge is 0.259 e. The van der Waals surface area contributed by atoms with Crippen molar-refractivity contribution in [3.63, 3.8) is 0 Å². The lowest BCUT2D eigenvalue weighted by atomic mass is 10.2. The molecule has 4 N–H and O–H groups in total. The zero-order valence-corrected chi connectivity index (χ0v) is 10.1. The molecule has 0 saturated heterocycles. The lowest BCUT2D eigenvalue weighted by Crippen LogP contribution is -2.18. The zero-order chi connectivity index (χ0) is 13.1. The molecule has 0 aromatic carbocycles. The number of aromatic nitrogens is 3. The van der Waals surface area contributed by atoms with E-state index < -0.39 is 0 Å². The van der Waals surface area contributed by atoms with Crippen LogP contribution in [0.2, 0.25) is 0 Å². The minimum Gasteiger partial charge on any atom is -0.322 e. The lowest BCUT2D eigenvalue weighted by molar-refractivity contribution is 0.102. The molecule has 0 spiro atoms. The molecule has 0 bridgehead atoms. The predicted octanol–water partition coefficient (Wildman–Crippen LogP) is 0.661. The van der Waals surface area contributed by atoms with Crippen molar-refractivity contribution < 1.29 is 4.79 Å². The highest BCUT2D eigenvalue weighted by molar-refractivity contribution is 6.07. The Morgan fingerprint density at radius 3 is 2.89 bits per heavy atom. The van der Waals surface area contributed by atoms with Gasteiger partial charge in [-0.25, -0.2) is 0 Å². The minimum atomic E-state index is -0.270. The molecule has 2 heterocycles. The summed E-state index contributed by atoms with van der Waals surface area (Å²) in [5, 5.41) is 6.91. The molecule has 7 heteroatoms. The second-order valence-electron chi connectivity index (χ2n) is 3.81. The number of nitrogens with zero attached hydrogens (tertiary/aromatic N) is 3. The van der Waals surface area contributed by atoms with Crippen molar-refractivity contribution in [3.05, 3.63) is 35.8 Å². The van der Waals surface area contributed by atoms with Gasteiger partial charge in [-0.05, 0) is 13.0 Å². The number of aryl methyl sites for hydroxylation is 2. The Bertz CT molecular complexity index is 577. The molecule has 0 saturated carbocycles. The van der Waals surface area contributed by atoms with Crippen molar-refractivity contribution in [2.45, 2.75) is 6.92 Å². The third-order valence-corrected chi connectivity index (χ3v) is 2.46. The van der Waals surface area contributed by atoms with E-state index in [1.54, 1.807) is 23.9 Å². The number of anilines is 2. The van der Waals surface area contributed by atoms with Gasteiger partial charge in [0, 0.05) is 19.3 Å². The number of hydrogen-bond donors (Lipinski definition) is 3. The van der Waals surface area contributed by atoms with Gasteiger partial charge in [0.1, 0.15) is 5.82 Å². The first-order valence-electron chi connectivity index (χ1n) is 5.34. The molecule has 0 aliphatic rings. The van der Waals surface area contributed by atoms with E-state index in [1.165, 1.54) is 12.4 Å². The van der Waals surface area contributed by atoms with E-state index in [9.17, 15) is 4.79 Å². The number of nitrogen functional groups attached to an aromatic ring is 1. The second-order valence-corrected chi connectivity index (χ2v) is 3.81. The molecule has 0 aliphatic heterocycles. The quantitative estimate of drug-likeness (QED) is 0.546. The minimum absolute atomic E-state index is 0.270. The van der Waals surface area contributed by atoms with Crippen LogP contribution in [0.4, 0.5) is 11.5 Å². The predicted molar refractivity (Wildman–Crippen MR) is 67.9 cm³/mol. The largest absolute Gasteiger partial charge is 0.322 e. The number of hydrazine groups is 1. The molecule has 0 fully saturated rings. The molecule has 2 aromatic heterocycles. The molecule has 94 valence electrons. The first kappa shape index (κ1) is 12.1. The number of nitrogens with one attached hydrogen (secondary N) is 2. The summed E-state index contributed by atoms with van der Waals surface area (Å²) >= 11 is 0. The number of carbonyl (C=O) groups excluding carboxylic acids is 1. The fourth-order valence-electron chi connectivity index (χ4n) is 1.62. The highest BCUT2D eigenvalue weighted by Gasteiger charge is 2.12. The molecule has 0 radical (unpaired) electrons. The van der Waals surface area contributed by atoms with E-state index in [0.717, 1.165) is 5.69 Å². The number of hydrogen-bond acceptors (Lipinski definition) is 5. The summed E-state index contributed by atoms with van der Waals surface area (Å²) in [5.74, 6) is 5.68. The zero-order valence-electron chi connectivity index (χ0n) is 10.1. The molecular formula is C11H14N6O. The Morgan fingerprint density at radius 2 is 2.28 bits per heavy atom. The van der Waals surface area contributed by atoms with E-state index in [4.69, 9.17) is 5.84 Å². The summed E-state index contributed by atoms with van der Waals surface area (Å²) in [6.07, 6.45) is 3.02. The highest BCUT2D eigenvalue weighted by Crippen LogP contribution is 2.15. The molecule has 2 aromatic rings. The first-order valence-corrected chi connectivity index (χ1v) is 5.34. The van der Waals surface area contributed by atoms with Crippen LogP contribution in [0.25, 0.3) is 0 Å². The maximum absolute atomic E-state index is 12.1. The maximum atomic E-state index is 12.1. The summed E-state index contributed by atoms with van der Waals surface area (Å²) in [6, 6.07) is 3.38. The fourth-order valence-corrected chi connectivity index (χ4v) is 1.62. The van der Waals surface area contributed by atoms with Crippen molar-refractivity contribution in [2.24, 2.45) is 12.9 Å². The van der Waals surface area contributed by atoms with Gasteiger partial charge in [-0.3, -0.25) is 20.3 Å². The molecule has 0 unspecified atom stereocenters. The van der Waals surface area contributed by atoms with E-state index in [2.05, 4.69) is 20.8 Å². The van der Waals surface area contributed by atoms with Gasteiger partial charge in [-0.15, -0.1) is 0 Å². The Balaban J connectivity index is 2.24. The van der Waals surface area contributed by atoms with Crippen molar-refractivity contribution >= 4 is 17.4 Å². The van der Waals surface area contributed by atoms with Crippen molar-refractivity contribution in [2.75, 3.05) is 10.7 Å². The van der Waals surface area contributed by atoms with Gasteiger partial charge in [-0.2, -0.15) is 5.10 Å². The average Bonchev–Trinajstić information content (AvgIpc) is 2.67. The molecule has 0 aliphatic carbocycles. The molecule has 2 rings (SSSR count). The summed E-state index contributed by atoms with van der Waals surface area (Å²) in [4.78, 5) is 16.0. The van der Waals surface area contributed by atoms with Gasteiger partial charge in [0.05, 0.1) is 23.1 Å². The molecule has 0 atom stereocenters. The number of rotatable bonds is 3. The van der Waals surface area contributed by atoms with Crippen molar-refractivity contribution in [3.8, 4) is 0 Å². The SMILES string of the molecule is Cc1cc(NC(=O)c2ccncc2NN)n(C)n1. The molecular weight excluding hydrogens is 232 g/mol. The van der Waals surface area contributed by atoms with Gasteiger partial charge < -0.3 is 10.7 Å². The van der Waals surface area contributed by atoms with Crippen LogP contribution < -0.4 is 16.6 Å². The summed E-state index contributed by atoms with van der Waals surface area (Å²) in [5.41, 5.74) is 4.16. The summed E-state index contributed by atoms with van der Waals surface area (Å²) in [7, 11) is 1.76. The van der Waals surface area contributed by atoms with Crippen LogP contribution >= 0.6 is 0 Å². The van der Waals surface area contributed by atoms with E-state index >= 15 is 0 Å². The van der Waals surface area contributed by atoms with Crippen LogP contribution in [-0.4, -0.2) is 20.7 Å². The van der Waals surface area contributed by atoms with Crippen LogP contribution in [0.3, 0.4) is 0 Å². The highest BCUT2D eigenvalue weighted by atomic mass is 16.1. The Kier molecular flexibility index (Phi) is 3.24. The van der Waals surface area contributed by atoms with Crippen LogP contribution in [0, 0.1) is 6.92 Å². The Labute approximate surface area is 104 Å². The number of nitrogens with two attached hydrogens (primary N) is 1. The van der Waals surface area contributed by atoms with Crippen LogP contribution in [0.15, 0.2) is 24.5 Å². The first-order chi connectivity index (χ1) is 8.61. The summed E-state index contributed by atoms with van der Waals surface area (Å²) in [6.45, 7) is 1.86. The van der Waals surface area contributed by atoms with Crippen LogP contribution in [0.1, 0.15) is 16.1 Å². The van der Waals surface area contributed by atoms with Crippen molar-refractivity contribution in [1.29, 1.82) is 0 Å². The average molecular weight is 246 g/mol. The molecule has 7 nitrogen and oxygen atoms in total. The third-order valence-electron chi connectivity index (χ3n) is 2.46. The van der Waals surface area contributed by atoms with Gasteiger partial charge in [0.15, 0.2) is 0 Å². The van der Waals surface area contributed by atoms with E-state index in [1.807, 2.05) is 6.92 Å². The fraction of sp³-hybridized carbons (Fsp3) is 0.182. The summed E-state index contributed by atoms with van der Waals surface area (Å²) < 4.78 is 1.60. The van der Waals surface area contributed by atoms with Gasteiger partial charge in [0.2, 0.25) is 0 Å². The molecule has 1 amide bonds. The van der Waals surface area contributed by atoms with Gasteiger partial charge in [-0.1, -0.05) is 0 Å². The molecule has 18 heavy (non-hydrogen) atoms.